The highest BCUT2D eigenvalue weighted by molar-refractivity contribution is 7.99. The molecule has 0 saturated carbocycles. The van der Waals surface area contributed by atoms with Crippen LogP contribution < -0.4 is 5.73 Å². The molecule has 0 saturated heterocycles. The minimum absolute atomic E-state index is 0.700. The lowest BCUT2D eigenvalue weighted by atomic mass is 10.4. The first kappa shape index (κ1) is 10.0. The summed E-state index contributed by atoms with van der Waals surface area (Å²) < 4.78 is 3.45. The van der Waals surface area contributed by atoms with Gasteiger partial charge in [-0.2, -0.15) is 10.2 Å². The van der Waals surface area contributed by atoms with E-state index >= 15 is 0 Å². The Morgan fingerprint density at radius 3 is 2.53 bits per heavy atom. The summed E-state index contributed by atoms with van der Waals surface area (Å²) in [7, 11) is 3.71. The average Bonchev–Trinajstić information content (AvgIpc) is 2.67. The Labute approximate surface area is 91.5 Å². The molecule has 0 spiro atoms. The fraction of sp³-hybridized carbons (Fsp3) is 0.375. The zero-order valence-electron chi connectivity index (χ0n) is 8.80. The van der Waals surface area contributed by atoms with Crippen molar-refractivity contribution in [2.45, 2.75) is 17.1 Å². The van der Waals surface area contributed by atoms with Crippen LogP contribution in [0.5, 0.6) is 0 Å². The van der Waals surface area contributed by atoms with Crippen LogP contribution in [-0.4, -0.2) is 24.5 Å². The number of hydrogen-bond donors (Lipinski definition) is 1. The molecule has 6 nitrogen and oxygen atoms in total. The van der Waals surface area contributed by atoms with Crippen LogP contribution in [0.3, 0.4) is 0 Å². The number of nitrogen functional groups attached to an aromatic ring is 1. The highest BCUT2D eigenvalue weighted by Crippen LogP contribution is 2.31. The van der Waals surface area contributed by atoms with Gasteiger partial charge >= 0.3 is 0 Å². The highest BCUT2D eigenvalue weighted by Gasteiger charge is 2.13. The number of rotatable bonds is 2. The summed E-state index contributed by atoms with van der Waals surface area (Å²) in [4.78, 5) is 4.12. The molecule has 0 amide bonds. The Balaban J connectivity index is 2.36. The lowest BCUT2D eigenvalue weighted by molar-refractivity contribution is 0.671. The van der Waals surface area contributed by atoms with Crippen molar-refractivity contribution in [1.82, 2.24) is 24.5 Å². The Hall–Kier alpha value is -1.50. The third-order valence-corrected chi connectivity index (χ3v) is 3.30. The Morgan fingerprint density at radius 2 is 2.07 bits per heavy atom. The lowest BCUT2D eigenvalue weighted by Gasteiger charge is -2.01. The smallest absolute Gasteiger partial charge is 0.192 e. The molecule has 2 N–H and O–H groups in total. The van der Waals surface area contributed by atoms with Gasteiger partial charge < -0.3 is 5.73 Å². The van der Waals surface area contributed by atoms with E-state index in [2.05, 4.69) is 15.2 Å². The molecule has 2 aromatic heterocycles. The zero-order valence-corrected chi connectivity index (χ0v) is 9.62. The monoisotopic (exact) mass is 224 g/mol. The predicted molar refractivity (Wildman–Crippen MR) is 57.5 cm³/mol. The summed E-state index contributed by atoms with van der Waals surface area (Å²) in [5.41, 5.74) is 7.44. The second-order valence-corrected chi connectivity index (χ2v) is 4.15. The topological polar surface area (TPSA) is 74.5 Å². The van der Waals surface area contributed by atoms with Crippen LogP contribution in [0.15, 0.2) is 16.5 Å². The molecular weight excluding hydrogens is 212 g/mol. The molecule has 0 aliphatic carbocycles. The number of aryl methyl sites for hydroxylation is 3. The van der Waals surface area contributed by atoms with Crippen LogP contribution >= 0.6 is 11.8 Å². The third-order valence-electron chi connectivity index (χ3n) is 2.07. The van der Waals surface area contributed by atoms with Crippen LogP contribution in [0, 0.1) is 6.92 Å². The summed E-state index contributed by atoms with van der Waals surface area (Å²) in [5, 5.41) is 9.92. The summed E-state index contributed by atoms with van der Waals surface area (Å²) >= 11 is 1.46. The van der Waals surface area contributed by atoms with E-state index in [0.29, 0.717) is 5.69 Å². The summed E-state index contributed by atoms with van der Waals surface area (Å²) in [5.74, 6) is 0. The molecule has 2 rings (SSSR count). The van der Waals surface area contributed by atoms with Crippen molar-refractivity contribution in [2.75, 3.05) is 5.73 Å². The van der Waals surface area contributed by atoms with Gasteiger partial charge in [-0.05, 0) is 18.7 Å². The maximum Gasteiger partial charge on any atom is 0.192 e. The van der Waals surface area contributed by atoms with Crippen molar-refractivity contribution >= 4 is 17.4 Å². The first-order valence-electron chi connectivity index (χ1n) is 4.40. The van der Waals surface area contributed by atoms with E-state index in [4.69, 9.17) is 5.73 Å². The van der Waals surface area contributed by atoms with Crippen molar-refractivity contribution in [3.05, 3.63) is 12.0 Å². The molecule has 0 unspecified atom stereocenters. The van der Waals surface area contributed by atoms with Crippen molar-refractivity contribution in [1.29, 1.82) is 0 Å². The van der Waals surface area contributed by atoms with Gasteiger partial charge in [0.15, 0.2) is 5.16 Å². The molecule has 0 atom stereocenters. The van der Waals surface area contributed by atoms with Gasteiger partial charge in [0, 0.05) is 14.1 Å². The van der Waals surface area contributed by atoms with Crippen LogP contribution in [0.1, 0.15) is 5.69 Å². The molecule has 0 aromatic carbocycles. The van der Waals surface area contributed by atoms with Crippen LogP contribution in [0.4, 0.5) is 5.69 Å². The second kappa shape index (κ2) is 3.58. The van der Waals surface area contributed by atoms with E-state index in [1.165, 1.54) is 18.1 Å². The number of nitrogens with zero attached hydrogens (tertiary/aromatic N) is 5. The largest absolute Gasteiger partial charge is 0.395 e. The molecule has 2 heterocycles. The van der Waals surface area contributed by atoms with E-state index in [1.807, 2.05) is 21.0 Å². The van der Waals surface area contributed by atoms with Crippen LogP contribution in [0.25, 0.3) is 0 Å². The molecule has 2 aromatic rings. The molecule has 0 aliphatic rings. The van der Waals surface area contributed by atoms with Gasteiger partial charge in [0.25, 0.3) is 0 Å². The van der Waals surface area contributed by atoms with Crippen molar-refractivity contribution in [2.24, 2.45) is 14.1 Å². The van der Waals surface area contributed by atoms with Crippen molar-refractivity contribution in [3.63, 3.8) is 0 Å². The Kier molecular flexibility index (Phi) is 2.39. The maximum atomic E-state index is 5.91. The molecule has 80 valence electrons. The van der Waals surface area contributed by atoms with E-state index in [0.717, 1.165) is 15.9 Å². The molecule has 0 bridgehead atoms. The molecular formula is C8H12N6S. The summed E-state index contributed by atoms with van der Waals surface area (Å²) in [6.07, 6.45) is 1.52. The molecule has 7 heteroatoms. The fourth-order valence-electron chi connectivity index (χ4n) is 1.24. The average molecular weight is 224 g/mol. The summed E-state index contributed by atoms with van der Waals surface area (Å²) in [6.45, 7) is 1.88. The molecule has 0 fully saturated rings. The molecule has 0 radical (unpaired) electrons. The quantitative estimate of drug-likeness (QED) is 0.808. The molecule has 0 aliphatic heterocycles. The lowest BCUT2D eigenvalue weighted by Crippen LogP contribution is -1.97. The second-order valence-electron chi connectivity index (χ2n) is 3.20. The predicted octanol–water partition coefficient (Wildman–Crippen LogP) is 0.590. The Morgan fingerprint density at radius 1 is 1.33 bits per heavy atom. The number of hydrogen-bond acceptors (Lipinski definition) is 5. The van der Waals surface area contributed by atoms with Gasteiger partial charge in [-0.3, -0.25) is 4.68 Å². The van der Waals surface area contributed by atoms with Crippen LogP contribution in [0.2, 0.25) is 0 Å². The summed E-state index contributed by atoms with van der Waals surface area (Å²) in [6, 6.07) is 0. The minimum atomic E-state index is 0.700. The van der Waals surface area contributed by atoms with Crippen molar-refractivity contribution in [3.8, 4) is 0 Å². The number of anilines is 1. The van der Waals surface area contributed by atoms with Gasteiger partial charge in [0.2, 0.25) is 0 Å². The van der Waals surface area contributed by atoms with Crippen molar-refractivity contribution < 1.29 is 0 Å². The standard InChI is InChI=1S/C8H12N6S/c1-5-6(9)7(13(2)12-5)15-8-10-4-11-14(8)3/h4H,9H2,1-3H3. The molecule has 15 heavy (non-hydrogen) atoms. The van der Waals surface area contributed by atoms with Crippen LogP contribution in [-0.2, 0) is 14.1 Å². The van der Waals surface area contributed by atoms with Gasteiger partial charge in [-0.25, -0.2) is 9.67 Å². The van der Waals surface area contributed by atoms with E-state index in [1.54, 1.807) is 9.36 Å². The normalized spacial score (nSPS) is 10.9. The first-order chi connectivity index (χ1) is 7.09. The number of nitrogens with two attached hydrogens (primary N) is 1. The van der Waals surface area contributed by atoms with E-state index < -0.39 is 0 Å². The third kappa shape index (κ3) is 1.70. The van der Waals surface area contributed by atoms with Gasteiger partial charge in [0.1, 0.15) is 11.4 Å². The van der Waals surface area contributed by atoms with E-state index in [-0.39, 0.29) is 0 Å². The van der Waals surface area contributed by atoms with Gasteiger partial charge in [-0.1, -0.05) is 0 Å². The maximum absolute atomic E-state index is 5.91. The zero-order chi connectivity index (χ0) is 11.0. The van der Waals surface area contributed by atoms with E-state index in [9.17, 15) is 0 Å². The fourth-order valence-corrected chi connectivity index (χ4v) is 2.12. The number of aromatic nitrogens is 5. The van der Waals surface area contributed by atoms with Gasteiger partial charge in [-0.15, -0.1) is 0 Å². The van der Waals surface area contributed by atoms with Gasteiger partial charge in [0.05, 0.1) is 11.4 Å². The minimum Gasteiger partial charge on any atom is -0.395 e. The Bertz CT molecular complexity index is 485. The first-order valence-corrected chi connectivity index (χ1v) is 5.22. The highest BCUT2D eigenvalue weighted by atomic mass is 32.2. The SMILES string of the molecule is Cc1nn(C)c(Sc2ncnn2C)c1N.